The molecular formula is C16H15N3O3. The van der Waals surface area contributed by atoms with E-state index in [9.17, 15) is 14.9 Å². The zero-order valence-electron chi connectivity index (χ0n) is 12.0. The Hall–Kier alpha value is -3.02. The Morgan fingerprint density at radius 3 is 2.45 bits per heavy atom. The number of non-ortho nitro benzene ring substituents is 1. The lowest BCUT2D eigenvalue weighted by Crippen LogP contribution is -2.24. The Balaban J connectivity index is 1.95. The van der Waals surface area contributed by atoms with Crippen LogP contribution in [0.3, 0.4) is 0 Å². The molecule has 0 fully saturated rings. The van der Waals surface area contributed by atoms with Crippen LogP contribution in [0.1, 0.15) is 24.1 Å². The number of carbonyl (C=O) groups excluding carboxylic acids is 1. The summed E-state index contributed by atoms with van der Waals surface area (Å²) in [6.07, 6.45) is 6.35. The Bertz CT molecular complexity index is 682. The van der Waals surface area contributed by atoms with Crippen molar-refractivity contribution < 1.29 is 9.72 Å². The summed E-state index contributed by atoms with van der Waals surface area (Å²) >= 11 is 0. The standard InChI is InChI=1S/C16H15N3O3/c1-12(14-8-10-17-11-9-14)18-16(20)7-4-13-2-5-15(6-3-13)19(21)22/h2-12H,1H3,(H,18,20). The fourth-order valence-corrected chi connectivity index (χ4v) is 1.88. The van der Waals surface area contributed by atoms with Crippen LogP contribution in [0.2, 0.25) is 0 Å². The van der Waals surface area contributed by atoms with Crippen molar-refractivity contribution in [2.75, 3.05) is 0 Å². The molecule has 0 aliphatic rings. The lowest BCUT2D eigenvalue weighted by molar-refractivity contribution is -0.384. The van der Waals surface area contributed by atoms with Gasteiger partial charge in [0.25, 0.3) is 5.69 Å². The van der Waals surface area contributed by atoms with Gasteiger partial charge >= 0.3 is 0 Å². The quantitative estimate of drug-likeness (QED) is 0.522. The summed E-state index contributed by atoms with van der Waals surface area (Å²) in [5, 5.41) is 13.4. The van der Waals surface area contributed by atoms with Gasteiger partial charge in [0.1, 0.15) is 0 Å². The topological polar surface area (TPSA) is 85.1 Å². The van der Waals surface area contributed by atoms with E-state index in [1.54, 1.807) is 30.6 Å². The predicted octanol–water partition coefficient (Wildman–Crippen LogP) is 2.88. The number of hydrogen-bond acceptors (Lipinski definition) is 4. The van der Waals surface area contributed by atoms with E-state index in [-0.39, 0.29) is 17.6 Å². The van der Waals surface area contributed by atoms with Gasteiger partial charge in [-0.05, 0) is 48.4 Å². The van der Waals surface area contributed by atoms with Crippen LogP contribution in [-0.2, 0) is 4.79 Å². The van der Waals surface area contributed by atoms with Gasteiger partial charge in [0.05, 0.1) is 11.0 Å². The summed E-state index contributed by atoms with van der Waals surface area (Å²) < 4.78 is 0. The number of rotatable bonds is 5. The van der Waals surface area contributed by atoms with Crippen LogP contribution in [0.5, 0.6) is 0 Å². The van der Waals surface area contributed by atoms with Crippen LogP contribution in [0.25, 0.3) is 6.08 Å². The summed E-state index contributed by atoms with van der Waals surface area (Å²) in [6.45, 7) is 1.88. The Morgan fingerprint density at radius 2 is 1.86 bits per heavy atom. The molecule has 2 aromatic rings. The molecule has 1 aromatic heterocycles. The van der Waals surface area contributed by atoms with Crippen molar-refractivity contribution in [3.63, 3.8) is 0 Å². The summed E-state index contributed by atoms with van der Waals surface area (Å²) in [4.78, 5) is 25.9. The molecule has 6 heteroatoms. The highest BCUT2D eigenvalue weighted by molar-refractivity contribution is 5.92. The first-order valence-electron chi connectivity index (χ1n) is 6.69. The Labute approximate surface area is 127 Å². The Morgan fingerprint density at radius 1 is 1.23 bits per heavy atom. The second-order valence-electron chi connectivity index (χ2n) is 4.69. The van der Waals surface area contributed by atoms with E-state index in [0.717, 1.165) is 11.1 Å². The molecule has 0 spiro atoms. The van der Waals surface area contributed by atoms with Gasteiger partial charge in [-0.15, -0.1) is 0 Å². The van der Waals surface area contributed by atoms with Gasteiger partial charge in [-0.2, -0.15) is 0 Å². The van der Waals surface area contributed by atoms with E-state index < -0.39 is 4.92 Å². The normalized spacial score (nSPS) is 12.0. The van der Waals surface area contributed by atoms with Crippen LogP contribution < -0.4 is 5.32 Å². The van der Waals surface area contributed by atoms with Gasteiger partial charge in [0.15, 0.2) is 0 Å². The number of nitro benzene ring substituents is 1. The number of nitro groups is 1. The summed E-state index contributed by atoms with van der Waals surface area (Å²) in [5.74, 6) is -0.234. The van der Waals surface area contributed by atoms with Crippen molar-refractivity contribution in [1.82, 2.24) is 10.3 Å². The van der Waals surface area contributed by atoms with Crippen LogP contribution in [0, 0.1) is 10.1 Å². The van der Waals surface area contributed by atoms with Gasteiger partial charge < -0.3 is 5.32 Å². The maximum atomic E-state index is 11.9. The zero-order valence-corrected chi connectivity index (χ0v) is 12.0. The SMILES string of the molecule is CC(NC(=O)C=Cc1ccc([N+](=O)[O-])cc1)c1ccncc1. The van der Waals surface area contributed by atoms with E-state index in [0.29, 0.717) is 0 Å². The van der Waals surface area contributed by atoms with Crippen molar-refractivity contribution in [2.24, 2.45) is 0 Å². The first-order chi connectivity index (χ1) is 10.6. The molecule has 1 N–H and O–H groups in total. The minimum atomic E-state index is -0.462. The largest absolute Gasteiger partial charge is 0.346 e. The minimum absolute atomic E-state index is 0.0212. The van der Waals surface area contributed by atoms with E-state index in [1.807, 2.05) is 19.1 Å². The number of hydrogen-bond donors (Lipinski definition) is 1. The van der Waals surface area contributed by atoms with Crippen molar-refractivity contribution in [3.05, 3.63) is 76.1 Å². The first kappa shape index (κ1) is 15.4. The average Bonchev–Trinajstić information content (AvgIpc) is 2.54. The monoisotopic (exact) mass is 297 g/mol. The van der Waals surface area contributed by atoms with Gasteiger partial charge in [-0.25, -0.2) is 0 Å². The molecule has 112 valence electrons. The van der Waals surface area contributed by atoms with Crippen molar-refractivity contribution in [1.29, 1.82) is 0 Å². The number of nitrogens with zero attached hydrogens (tertiary/aromatic N) is 2. The predicted molar refractivity (Wildman–Crippen MR) is 82.9 cm³/mol. The van der Waals surface area contributed by atoms with Crippen molar-refractivity contribution >= 4 is 17.7 Å². The molecule has 1 heterocycles. The first-order valence-corrected chi connectivity index (χ1v) is 6.69. The van der Waals surface area contributed by atoms with E-state index in [4.69, 9.17) is 0 Å². The maximum absolute atomic E-state index is 11.9. The second kappa shape index (κ2) is 7.12. The molecular weight excluding hydrogens is 282 g/mol. The molecule has 22 heavy (non-hydrogen) atoms. The highest BCUT2D eigenvalue weighted by atomic mass is 16.6. The number of benzene rings is 1. The number of aromatic nitrogens is 1. The van der Waals surface area contributed by atoms with Gasteiger partial charge in [0, 0.05) is 30.6 Å². The molecule has 0 saturated heterocycles. The van der Waals surface area contributed by atoms with E-state index >= 15 is 0 Å². The third-order valence-electron chi connectivity index (χ3n) is 3.10. The number of amides is 1. The molecule has 1 unspecified atom stereocenters. The second-order valence-corrected chi connectivity index (χ2v) is 4.69. The molecule has 0 bridgehead atoms. The number of nitrogens with one attached hydrogen (secondary N) is 1. The fourth-order valence-electron chi connectivity index (χ4n) is 1.88. The molecule has 0 aliphatic carbocycles. The lowest BCUT2D eigenvalue weighted by Gasteiger charge is -2.12. The fraction of sp³-hybridized carbons (Fsp3) is 0.125. The number of carbonyl (C=O) groups is 1. The van der Waals surface area contributed by atoms with Gasteiger partial charge in [-0.3, -0.25) is 19.9 Å². The van der Waals surface area contributed by atoms with E-state index in [2.05, 4.69) is 10.3 Å². The molecule has 0 radical (unpaired) electrons. The molecule has 2 rings (SSSR count). The van der Waals surface area contributed by atoms with E-state index in [1.165, 1.54) is 18.2 Å². The summed E-state index contributed by atoms with van der Waals surface area (Å²) in [6, 6.07) is 9.53. The van der Waals surface area contributed by atoms with Crippen molar-refractivity contribution in [2.45, 2.75) is 13.0 Å². The molecule has 1 amide bonds. The third kappa shape index (κ3) is 4.24. The zero-order chi connectivity index (χ0) is 15.9. The molecule has 0 saturated carbocycles. The average molecular weight is 297 g/mol. The highest BCUT2D eigenvalue weighted by Gasteiger charge is 2.07. The smallest absolute Gasteiger partial charge is 0.269 e. The molecule has 1 atom stereocenters. The van der Waals surface area contributed by atoms with Crippen LogP contribution in [0.15, 0.2) is 54.9 Å². The molecule has 1 aromatic carbocycles. The number of pyridine rings is 1. The maximum Gasteiger partial charge on any atom is 0.269 e. The van der Waals surface area contributed by atoms with Crippen LogP contribution in [-0.4, -0.2) is 15.8 Å². The van der Waals surface area contributed by atoms with Crippen LogP contribution >= 0.6 is 0 Å². The molecule has 0 aliphatic heterocycles. The van der Waals surface area contributed by atoms with Gasteiger partial charge in [-0.1, -0.05) is 0 Å². The minimum Gasteiger partial charge on any atom is -0.346 e. The third-order valence-corrected chi connectivity index (χ3v) is 3.10. The lowest BCUT2D eigenvalue weighted by atomic mass is 10.1. The van der Waals surface area contributed by atoms with Crippen molar-refractivity contribution in [3.8, 4) is 0 Å². The van der Waals surface area contributed by atoms with Crippen LogP contribution in [0.4, 0.5) is 5.69 Å². The van der Waals surface area contributed by atoms with Gasteiger partial charge in [0.2, 0.25) is 5.91 Å². The Kier molecular flexibility index (Phi) is 4.98. The summed E-state index contributed by atoms with van der Waals surface area (Å²) in [7, 11) is 0. The summed E-state index contributed by atoms with van der Waals surface area (Å²) in [5.41, 5.74) is 1.71. The molecule has 6 nitrogen and oxygen atoms in total. The highest BCUT2D eigenvalue weighted by Crippen LogP contribution is 2.13.